The third-order valence-corrected chi connectivity index (χ3v) is 3.72. The van der Waals surface area contributed by atoms with Gasteiger partial charge in [-0.25, -0.2) is 4.68 Å². The molecule has 0 spiro atoms. The fourth-order valence-corrected chi connectivity index (χ4v) is 2.65. The summed E-state index contributed by atoms with van der Waals surface area (Å²) < 4.78 is 6.81. The van der Waals surface area contributed by atoms with E-state index in [0.717, 1.165) is 16.3 Å². The van der Waals surface area contributed by atoms with Crippen molar-refractivity contribution in [1.82, 2.24) is 15.0 Å². The van der Waals surface area contributed by atoms with Crippen LogP contribution >= 0.6 is 11.3 Å². The molecule has 0 unspecified atom stereocenters. The van der Waals surface area contributed by atoms with Crippen molar-refractivity contribution in [2.75, 3.05) is 7.11 Å². The van der Waals surface area contributed by atoms with E-state index < -0.39 is 0 Å². The molecular weight excluding hydrogens is 272 g/mol. The van der Waals surface area contributed by atoms with Gasteiger partial charge in [-0.3, -0.25) is 0 Å². The summed E-state index contributed by atoms with van der Waals surface area (Å²) in [6.45, 7) is 0. The highest BCUT2D eigenvalue weighted by Gasteiger charge is 2.16. The second kappa shape index (κ2) is 5.15. The van der Waals surface area contributed by atoms with Gasteiger partial charge in [-0.15, -0.1) is 16.4 Å². The lowest BCUT2D eigenvalue weighted by molar-refractivity contribution is 0.414. The number of methoxy groups -OCH3 is 1. The lowest BCUT2D eigenvalue weighted by Crippen LogP contribution is -1.99. The summed E-state index contributed by atoms with van der Waals surface area (Å²) in [5.74, 6) is 0.770. The average Bonchev–Trinajstić information content (AvgIpc) is 3.15. The Morgan fingerprint density at radius 2 is 2.05 bits per heavy atom. The molecule has 0 bridgehead atoms. The Morgan fingerprint density at radius 1 is 1.25 bits per heavy atom. The number of rotatable bonds is 3. The zero-order chi connectivity index (χ0) is 13.9. The van der Waals surface area contributed by atoms with Gasteiger partial charge in [-0.2, -0.15) is 5.26 Å². The summed E-state index contributed by atoms with van der Waals surface area (Å²) in [6, 6.07) is 13.4. The number of aromatic nitrogens is 3. The van der Waals surface area contributed by atoms with E-state index in [1.54, 1.807) is 23.1 Å². The van der Waals surface area contributed by atoms with E-state index in [1.165, 1.54) is 0 Å². The van der Waals surface area contributed by atoms with Crippen molar-refractivity contribution < 1.29 is 4.74 Å². The van der Waals surface area contributed by atoms with Crippen molar-refractivity contribution in [3.8, 4) is 28.1 Å². The van der Waals surface area contributed by atoms with Gasteiger partial charge in [0.05, 0.1) is 17.7 Å². The predicted octanol–water partition coefficient (Wildman–Crippen LogP) is 2.88. The van der Waals surface area contributed by atoms with Gasteiger partial charge in [0, 0.05) is 0 Å². The second-order valence-corrected chi connectivity index (χ2v) is 4.93. The van der Waals surface area contributed by atoms with E-state index in [0.29, 0.717) is 11.4 Å². The first kappa shape index (κ1) is 12.4. The van der Waals surface area contributed by atoms with Crippen LogP contribution in [0, 0.1) is 11.3 Å². The number of hydrogen-bond acceptors (Lipinski definition) is 5. The minimum absolute atomic E-state index is 0.322. The molecule has 0 aliphatic carbocycles. The highest BCUT2D eigenvalue weighted by atomic mass is 32.1. The van der Waals surface area contributed by atoms with Crippen LogP contribution in [0.4, 0.5) is 0 Å². The zero-order valence-corrected chi connectivity index (χ0v) is 11.5. The Labute approximate surface area is 119 Å². The van der Waals surface area contributed by atoms with Gasteiger partial charge in [0.25, 0.3) is 0 Å². The third-order valence-electron chi connectivity index (χ3n) is 2.85. The fourth-order valence-electron chi connectivity index (χ4n) is 1.90. The summed E-state index contributed by atoms with van der Waals surface area (Å²) >= 11 is 1.55. The van der Waals surface area contributed by atoms with Crippen LogP contribution in [0.2, 0.25) is 0 Å². The van der Waals surface area contributed by atoms with Crippen molar-refractivity contribution >= 4 is 11.3 Å². The van der Waals surface area contributed by atoms with E-state index in [-0.39, 0.29) is 0 Å². The van der Waals surface area contributed by atoms with E-state index in [2.05, 4.69) is 16.4 Å². The number of thiophene rings is 1. The van der Waals surface area contributed by atoms with Crippen LogP contribution in [0.15, 0.2) is 41.8 Å². The standard InChI is InChI=1S/C14H10N4OS/c1-19-11-6-4-10(5-7-11)18-14(12(9-15)16-17-18)13-3-2-8-20-13/h2-8H,1H3. The van der Waals surface area contributed by atoms with Gasteiger partial charge in [0.2, 0.25) is 0 Å². The molecule has 0 amide bonds. The molecule has 1 aromatic carbocycles. The predicted molar refractivity (Wildman–Crippen MR) is 75.9 cm³/mol. The molecule has 0 aliphatic rings. The van der Waals surface area contributed by atoms with Gasteiger partial charge >= 0.3 is 0 Å². The minimum atomic E-state index is 0.322. The van der Waals surface area contributed by atoms with E-state index in [9.17, 15) is 5.26 Å². The average molecular weight is 282 g/mol. The molecule has 0 aliphatic heterocycles. The lowest BCUT2D eigenvalue weighted by atomic mass is 10.2. The normalized spacial score (nSPS) is 10.2. The first-order valence-corrected chi connectivity index (χ1v) is 6.75. The highest BCUT2D eigenvalue weighted by Crippen LogP contribution is 2.29. The molecule has 0 radical (unpaired) electrons. The lowest BCUT2D eigenvalue weighted by Gasteiger charge is -2.06. The number of ether oxygens (including phenoxy) is 1. The Kier molecular flexibility index (Phi) is 3.19. The molecule has 3 rings (SSSR count). The molecule has 0 N–H and O–H groups in total. The van der Waals surface area contributed by atoms with Crippen LogP contribution in [-0.2, 0) is 0 Å². The SMILES string of the molecule is COc1ccc(-n2nnc(C#N)c2-c2cccs2)cc1. The van der Waals surface area contributed by atoms with Crippen molar-refractivity contribution in [1.29, 1.82) is 5.26 Å². The maximum absolute atomic E-state index is 9.18. The summed E-state index contributed by atoms with van der Waals surface area (Å²) in [6.07, 6.45) is 0. The van der Waals surface area contributed by atoms with Crippen LogP contribution in [0.3, 0.4) is 0 Å². The van der Waals surface area contributed by atoms with Gasteiger partial charge in [-0.05, 0) is 35.7 Å². The summed E-state index contributed by atoms with van der Waals surface area (Å²) in [5, 5.41) is 19.2. The largest absolute Gasteiger partial charge is 0.497 e. The minimum Gasteiger partial charge on any atom is -0.497 e. The van der Waals surface area contributed by atoms with Crippen molar-refractivity contribution in [3.05, 3.63) is 47.5 Å². The van der Waals surface area contributed by atoms with Crippen molar-refractivity contribution in [2.45, 2.75) is 0 Å². The Balaban J connectivity index is 2.14. The molecular formula is C14H10N4OS. The number of hydrogen-bond donors (Lipinski definition) is 0. The zero-order valence-electron chi connectivity index (χ0n) is 10.6. The first-order valence-electron chi connectivity index (χ1n) is 5.87. The highest BCUT2D eigenvalue weighted by molar-refractivity contribution is 7.13. The molecule has 2 aromatic heterocycles. The molecule has 98 valence electrons. The molecule has 2 heterocycles. The Hall–Kier alpha value is -2.65. The van der Waals surface area contributed by atoms with Crippen molar-refractivity contribution in [3.63, 3.8) is 0 Å². The Morgan fingerprint density at radius 3 is 2.65 bits per heavy atom. The molecule has 0 saturated heterocycles. The summed E-state index contributed by atoms with van der Waals surface area (Å²) in [4.78, 5) is 0.961. The smallest absolute Gasteiger partial charge is 0.191 e. The summed E-state index contributed by atoms with van der Waals surface area (Å²) in [7, 11) is 1.62. The molecule has 20 heavy (non-hydrogen) atoms. The third kappa shape index (κ3) is 2.04. The van der Waals surface area contributed by atoms with Crippen LogP contribution in [0.1, 0.15) is 5.69 Å². The molecule has 0 fully saturated rings. The second-order valence-electron chi connectivity index (χ2n) is 3.99. The monoisotopic (exact) mass is 282 g/mol. The van der Waals surface area contributed by atoms with E-state index in [4.69, 9.17) is 4.74 Å². The van der Waals surface area contributed by atoms with Gasteiger partial charge in [0.15, 0.2) is 5.69 Å². The number of nitrogens with zero attached hydrogens (tertiary/aromatic N) is 4. The van der Waals surface area contributed by atoms with E-state index >= 15 is 0 Å². The molecule has 0 saturated carbocycles. The van der Waals surface area contributed by atoms with Crippen LogP contribution in [0.25, 0.3) is 16.3 Å². The van der Waals surface area contributed by atoms with Crippen LogP contribution < -0.4 is 4.74 Å². The van der Waals surface area contributed by atoms with Gasteiger partial charge < -0.3 is 4.74 Å². The maximum atomic E-state index is 9.18. The molecule has 3 aromatic rings. The number of nitriles is 1. The topological polar surface area (TPSA) is 63.7 Å². The van der Waals surface area contributed by atoms with Crippen LogP contribution in [-0.4, -0.2) is 22.1 Å². The summed E-state index contributed by atoms with van der Waals surface area (Å²) in [5.41, 5.74) is 1.87. The number of benzene rings is 1. The molecule has 5 nitrogen and oxygen atoms in total. The maximum Gasteiger partial charge on any atom is 0.191 e. The van der Waals surface area contributed by atoms with Crippen LogP contribution in [0.5, 0.6) is 5.75 Å². The Bertz CT molecular complexity index is 754. The molecule has 6 heteroatoms. The van der Waals surface area contributed by atoms with Crippen molar-refractivity contribution in [2.24, 2.45) is 0 Å². The first-order chi connectivity index (χ1) is 9.83. The van der Waals surface area contributed by atoms with Gasteiger partial charge in [-0.1, -0.05) is 11.3 Å². The van der Waals surface area contributed by atoms with E-state index in [1.807, 2.05) is 41.8 Å². The fraction of sp³-hybridized carbons (Fsp3) is 0.0714. The van der Waals surface area contributed by atoms with Gasteiger partial charge in [0.1, 0.15) is 17.5 Å². The quantitative estimate of drug-likeness (QED) is 0.741. The molecule has 0 atom stereocenters.